The van der Waals surface area contributed by atoms with Crippen LogP contribution in [0.3, 0.4) is 0 Å². The molecular weight excluding hydrogens is 296 g/mol. The maximum Gasteiger partial charge on any atom is 0.355 e. The Kier molecular flexibility index (Phi) is 7.53. The first-order valence-electron chi connectivity index (χ1n) is 7.43. The van der Waals surface area contributed by atoms with Crippen molar-refractivity contribution in [2.45, 2.75) is 33.2 Å². The van der Waals surface area contributed by atoms with Crippen molar-refractivity contribution in [1.82, 2.24) is 10.6 Å². The molecule has 124 valence electrons. The first-order valence-corrected chi connectivity index (χ1v) is 7.43. The summed E-state index contributed by atoms with van der Waals surface area (Å²) in [6.07, 6.45) is 2.28. The van der Waals surface area contributed by atoms with Crippen LogP contribution in [-0.2, 0) is 19.1 Å². The molecule has 0 aliphatic heterocycles. The lowest BCUT2D eigenvalue weighted by molar-refractivity contribution is -0.145. The highest BCUT2D eigenvalue weighted by Gasteiger charge is 2.15. The summed E-state index contributed by atoms with van der Waals surface area (Å²) in [5, 5.41) is 5.11. The lowest BCUT2D eigenvalue weighted by Crippen LogP contribution is -2.36. The van der Waals surface area contributed by atoms with Gasteiger partial charge in [-0.3, -0.25) is 9.59 Å². The van der Waals surface area contributed by atoms with Crippen LogP contribution in [-0.4, -0.2) is 30.4 Å². The van der Waals surface area contributed by atoms with Crippen molar-refractivity contribution in [3.05, 3.63) is 41.6 Å². The molecule has 0 radical (unpaired) electrons. The predicted octanol–water partition coefficient (Wildman–Crippen LogP) is 1.62. The smallest absolute Gasteiger partial charge is 0.355 e. The van der Waals surface area contributed by atoms with Crippen LogP contribution in [0.1, 0.15) is 32.8 Å². The average Bonchev–Trinajstić information content (AvgIpc) is 2.52. The van der Waals surface area contributed by atoms with Crippen LogP contribution in [0.5, 0.6) is 0 Å². The summed E-state index contributed by atoms with van der Waals surface area (Å²) in [5.74, 6) is -1.54. The van der Waals surface area contributed by atoms with Crippen molar-refractivity contribution in [3.63, 3.8) is 0 Å². The van der Waals surface area contributed by atoms with Gasteiger partial charge in [0.2, 0.25) is 5.91 Å². The molecule has 0 unspecified atom stereocenters. The topological polar surface area (TPSA) is 84.5 Å². The van der Waals surface area contributed by atoms with Gasteiger partial charge in [0.25, 0.3) is 5.91 Å². The SMILES string of the molecule is CC[C@@H](C)NC(=O)COC(=O)/C(=C/c1ccccc1)NC(C)=O. The Bertz CT molecular complexity index is 582. The van der Waals surface area contributed by atoms with Gasteiger partial charge in [0.15, 0.2) is 6.61 Å². The second-order valence-electron chi connectivity index (χ2n) is 5.10. The average molecular weight is 318 g/mol. The molecule has 0 bridgehead atoms. The minimum atomic E-state index is -0.761. The van der Waals surface area contributed by atoms with E-state index < -0.39 is 18.5 Å². The monoisotopic (exact) mass is 318 g/mol. The third-order valence-corrected chi connectivity index (χ3v) is 3.00. The van der Waals surface area contributed by atoms with Gasteiger partial charge in [-0.2, -0.15) is 0 Å². The van der Waals surface area contributed by atoms with Crippen LogP contribution in [0.2, 0.25) is 0 Å². The van der Waals surface area contributed by atoms with Gasteiger partial charge in [0.05, 0.1) is 0 Å². The van der Waals surface area contributed by atoms with Crippen LogP contribution in [0.4, 0.5) is 0 Å². The molecular formula is C17H22N2O4. The van der Waals surface area contributed by atoms with Crippen LogP contribution >= 0.6 is 0 Å². The number of ether oxygens (including phenoxy) is 1. The first kappa shape index (κ1) is 18.4. The van der Waals surface area contributed by atoms with E-state index in [1.165, 1.54) is 13.0 Å². The van der Waals surface area contributed by atoms with E-state index in [1.807, 2.05) is 32.0 Å². The molecule has 1 rings (SSSR count). The molecule has 23 heavy (non-hydrogen) atoms. The van der Waals surface area contributed by atoms with E-state index in [2.05, 4.69) is 10.6 Å². The summed E-state index contributed by atoms with van der Waals surface area (Å²) >= 11 is 0. The Morgan fingerprint density at radius 2 is 1.87 bits per heavy atom. The van der Waals surface area contributed by atoms with Crippen molar-refractivity contribution in [1.29, 1.82) is 0 Å². The van der Waals surface area contributed by atoms with E-state index in [0.717, 1.165) is 12.0 Å². The number of carbonyl (C=O) groups excluding carboxylic acids is 3. The number of rotatable bonds is 7. The Morgan fingerprint density at radius 1 is 1.22 bits per heavy atom. The van der Waals surface area contributed by atoms with Crippen molar-refractivity contribution >= 4 is 23.9 Å². The van der Waals surface area contributed by atoms with Crippen LogP contribution < -0.4 is 10.6 Å². The number of benzene rings is 1. The second kappa shape index (κ2) is 9.40. The van der Waals surface area contributed by atoms with Gasteiger partial charge in [0.1, 0.15) is 5.70 Å². The minimum absolute atomic E-state index is 0.0101. The van der Waals surface area contributed by atoms with E-state index in [4.69, 9.17) is 4.74 Å². The molecule has 2 N–H and O–H groups in total. The fourth-order valence-electron chi connectivity index (χ4n) is 1.68. The molecule has 0 aliphatic rings. The Labute approximate surface area is 135 Å². The Balaban J connectivity index is 2.72. The summed E-state index contributed by atoms with van der Waals surface area (Å²) in [5.41, 5.74) is 0.720. The van der Waals surface area contributed by atoms with E-state index in [0.29, 0.717) is 0 Å². The Hall–Kier alpha value is -2.63. The quantitative estimate of drug-likeness (QED) is 0.591. The van der Waals surface area contributed by atoms with Crippen molar-refractivity contribution in [2.24, 2.45) is 0 Å². The fraction of sp³-hybridized carbons (Fsp3) is 0.353. The lowest BCUT2D eigenvalue weighted by Gasteiger charge is -2.12. The third kappa shape index (κ3) is 7.26. The molecule has 6 heteroatoms. The highest BCUT2D eigenvalue weighted by Crippen LogP contribution is 2.06. The van der Waals surface area contributed by atoms with Gasteiger partial charge in [-0.1, -0.05) is 37.3 Å². The number of amides is 2. The highest BCUT2D eigenvalue weighted by atomic mass is 16.5. The summed E-state index contributed by atoms with van der Waals surface area (Å²) in [7, 11) is 0. The number of esters is 1. The van der Waals surface area contributed by atoms with Crippen molar-refractivity contribution < 1.29 is 19.1 Å². The summed E-state index contributed by atoms with van der Waals surface area (Å²) in [6, 6.07) is 9.03. The van der Waals surface area contributed by atoms with E-state index in [9.17, 15) is 14.4 Å². The van der Waals surface area contributed by atoms with Gasteiger partial charge in [-0.25, -0.2) is 4.79 Å². The van der Waals surface area contributed by atoms with Gasteiger partial charge < -0.3 is 15.4 Å². The molecule has 0 saturated carbocycles. The van der Waals surface area contributed by atoms with Crippen molar-refractivity contribution in [2.75, 3.05) is 6.61 Å². The van der Waals surface area contributed by atoms with Crippen LogP contribution in [0.25, 0.3) is 6.08 Å². The maximum absolute atomic E-state index is 12.1. The normalized spacial score (nSPS) is 12.2. The van der Waals surface area contributed by atoms with Crippen LogP contribution in [0.15, 0.2) is 36.0 Å². The first-order chi connectivity index (χ1) is 10.9. The third-order valence-electron chi connectivity index (χ3n) is 3.00. The minimum Gasteiger partial charge on any atom is -0.451 e. The molecule has 0 fully saturated rings. The number of carbonyl (C=O) groups is 3. The highest BCUT2D eigenvalue weighted by molar-refractivity contribution is 5.98. The molecule has 1 aromatic rings. The zero-order chi connectivity index (χ0) is 17.2. The lowest BCUT2D eigenvalue weighted by atomic mass is 10.2. The number of hydrogen-bond acceptors (Lipinski definition) is 4. The van der Waals surface area contributed by atoms with Gasteiger partial charge in [-0.05, 0) is 25.0 Å². The molecule has 2 amide bonds. The van der Waals surface area contributed by atoms with E-state index >= 15 is 0 Å². The zero-order valence-electron chi connectivity index (χ0n) is 13.6. The molecule has 0 aliphatic carbocycles. The summed E-state index contributed by atoms with van der Waals surface area (Å²) < 4.78 is 4.95. The van der Waals surface area contributed by atoms with Gasteiger partial charge in [-0.15, -0.1) is 0 Å². The molecule has 1 aromatic carbocycles. The molecule has 0 aromatic heterocycles. The van der Waals surface area contributed by atoms with E-state index in [-0.39, 0.29) is 17.6 Å². The molecule has 0 spiro atoms. The Morgan fingerprint density at radius 3 is 2.43 bits per heavy atom. The predicted molar refractivity (Wildman–Crippen MR) is 87.1 cm³/mol. The largest absolute Gasteiger partial charge is 0.451 e. The van der Waals surface area contributed by atoms with E-state index in [1.54, 1.807) is 12.1 Å². The number of nitrogens with one attached hydrogen (secondary N) is 2. The van der Waals surface area contributed by atoms with Crippen LogP contribution in [0, 0.1) is 0 Å². The van der Waals surface area contributed by atoms with Gasteiger partial charge >= 0.3 is 5.97 Å². The van der Waals surface area contributed by atoms with Crippen molar-refractivity contribution in [3.8, 4) is 0 Å². The zero-order valence-corrected chi connectivity index (χ0v) is 13.6. The molecule has 1 atom stereocenters. The maximum atomic E-state index is 12.1. The summed E-state index contributed by atoms with van der Waals surface area (Å²) in [4.78, 5) is 34.9. The van der Waals surface area contributed by atoms with Gasteiger partial charge in [0, 0.05) is 13.0 Å². The molecule has 0 saturated heterocycles. The molecule has 6 nitrogen and oxygen atoms in total. The second-order valence-corrected chi connectivity index (χ2v) is 5.10. The number of hydrogen-bond donors (Lipinski definition) is 2. The molecule has 0 heterocycles. The summed E-state index contributed by atoms with van der Waals surface area (Å²) in [6.45, 7) is 4.70. The fourth-order valence-corrected chi connectivity index (χ4v) is 1.68. The standard InChI is InChI=1S/C17H22N2O4/c1-4-12(2)18-16(21)11-23-17(22)15(19-13(3)20)10-14-8-6-5-7-9-14/h5-10,12H,4,11H2,1-3H3,(H,18,21)(H,19,20)/b15-10-/t12-/m1/s1.